The molecule has 0 amide bonds. The molecule has 5 nitrogen and oxygen atoms in total. The van der Waals surface area contributed by atoms with E-state index in [2.05, 4.69) is 5.32 Å². The number of benzene rings is 1. The molecule has 2 rings (SSSR count). The van der Waals surface area contributed by atoms with Crippen molar-refractivity contribution in [2.45, 2.75) is 25.9 Å². The van der Waals surface area contributed by atoms with Crippen molar-refractivity contribution in [1.29, 1.82) is 0 Å². The van der Waals surface area contributed by atoms with E-state index >= 15 is 0 Å². The first kappa shape index (κ1) is 11.9. The van der Waals surface area contributed by atoms with Crippen molar-refractivity contribution < 1.29 is 10.0 Å². The van der Waals surface area contributed by atoms with Gasteiger partial charge in [0.25, 0.3) is 5.69 Å². The second kappa shape index (κ2) is 4.71. The summed E-state index contributed by atoms with van der Waals surface area (Å²) in [5, 5.41) is 23.0. The fourth-order valence-electron chi connectivity index (χ4n) is 2.10. The topological polar surface area (TPSA) is 75.4 Å². The first-order chi connectivity index (χ1) is 8.04. The second-order valence-corrected chi connectivity index (χ2v) is 4.69. The Balaban J connectivity index is 1.98. The van der Waals surface area contributed by atoms with E-state index in [0.717, 1.165) is 30.6 Å². The van der Waals surface area contributed by atoms with E-state index in [9.17, 15) is 10.1 Å². The number of hydrogen-bond donors (Lipinski definition) is 2. The SMILES string of the molecule is Cc1cc(NCC2CC(O)C2)cc([N+](=O)[O-])c1. The third-order valence-corrected chi connectivity index (χ3v) is 3.08. The van der Waals surface area contributed by atoms with Crippen LogP contribution in [-0.2, 0) is 0 Å². The molecule has 1 aromatic carbocycles. The molecule has 1 aliphatic carbocycles. The standard InChI is InChI=1S/C12H16N2O3/c1-8-2-10(6-11(3-8)14(16)17)13-7-9-4-12(15)5-9/h2-3,6,9,12-13,15H,4-5,7H2,1H3. The highest BCUT2D eigenvalue weighted by Gasteiger charge is 2.26. The lowest BCUT2D eigenvalue weighted by atomic mass is 9.82. The van der Waals surface area contributed by atoms with Crippen LogP contribution in [0.5, 0.6) is 0 Å². The Morgan fingerprint density at radius 2 is 2.18 bits per heavy atom. The van der Waals surface area contributed by atoms with E-state index in [0.29, 0.717) is 5.92 Å². The van der Waals surface area contributed by atoms with E-state index in [1.807, 2.05) is 13.0 Å². The van der Waals surface area contributed by atoms with Crippen LogP contribution < -0.4 is 5.32 Å². The van der Waals surface area contributed by atoms with Gasteiger partial charge in [-0.2, -0.15) is 0 Å². The Labute approximate surface area is 99.6 Å². The minimum atomic E-state index is -0.384. The molecule has 0 unspecified atom stereocenters. The fourth-order valence-corrected chi connectivity index (χ4v) is 2.10. The van der Waals surface area contributed by atoms with Crippen LogP contribution in [0.15, 0.2) is 18.2 Å². The van der Waals surface area contributed by atoms with Crippen molar-refractivity contribution in [1.82, 2.24) is 0 Å². The van der Waals surface area contributed by atoms with E-state index < -0.39 is 0 Å². The summed E-state index contributed by atoms with van der Waals surface area (Å²) in [5.41, 5.74) is 1.76. The number of rotatable bonds is 4. The lowest BCUT2D eigenvalue weighted by Crippen LogP contribution is -2.33. The Kier molecular flexibility index (Phi) is 3.28. The molecule has 17 heavy (non-hydrogen) atoms. The van der Waals surface area contributed by atoms with Crippen molar-refractivity contribution in [3.05, 3.63) is 33.9 Å². The van der Waals surface area contributed by atoms with Crippen LogP contribution in [0, 0.1) is 23.0 Å². The van der Waals surface area contributed by atoms with Gasteiger partial charge in [-0.05, 0) is 37.3 Å². The Bertz CT molecular complexity index is 428. The summed E-state index contributed by atoms with van der Waals surface area (Å²) in [6.45, 7) is 2.60. The molecule has 0 aliphatic heterocycles. The maximum Gasteiger partial charge on any atom is 0.271 e. The number of aliphatic hydroxyl groups excluding tert-OH is 1. The molecule has 5 heteroatoms. The average Bonchev–Trinajstić information content (AvgIpc) is 2.22. The lowest BCUT2D eigenvalue weighted by Gasteiger charge is -2.31. The molecular weight excluding hydrogens is 220 g/mol. The zero-order chi connectivity index (χ0) is 12.4. The van der Waals surface area contributed by atoms with Crippen LogP contribution in [0.1, 0.15) is 18.4 Å². The normalized spacial score (nSPS) is 22.9. The summed E-state index contributed by atoms with van der Waals surface area (Å²) in [6.07, 6.45) is 1.48. The van der Waals surface area contributed by atoms with Crippen molar-refractivity contribution >= 4 is 11.4 Å². The molecule has 0 spiro atoms. The van der Waals surface area contributed by atoms with Crippen LogP contribution in [0.2, 0.25) is 0 Å². The second-order valence-electron chi connectivity index (χ2n) is 4.69. The van der Waals surface area contributed by atoms with Crippen LogP contribution in [0.3, 0.4) is 0 Å². The third kappa shape index (κ3) is 2.94. The van der Waals surface area contributed by atoms with Gasteiger partial charge in [-0.25, -0.2) is 0 Å². The number of nitrogens with one attached hydrogen (secondary N) is 1. The summed E-state index contributed by atoms with van der Waals surface area (Å²) in [4.78, 5) is 10.3. The lowest BCUT2D eigenvalue weighted by molar-refractivity contribution is -0.384. The van der Waals surface area contributed by atoms with Crippen molar-refractivity contribution in [3.63, 3.8) is 0 Å². The first-order valence-electron chi connectivity index (χ1n) is 5.72. The number of anilines is 1. The van der Waals surface area contributed by atoms with Gasteiger partial charge in [0, 0.05) is 24.4 Å². The van der Waals surface area contributed by atoms with Crippen molar-refractivity contribution in [2.24, 2.45) is 5.92 Å². The van der Waals surface area contributed by atoms with Gasteiger partial charge in [0.2, 0.25) is 0 Å². The van der Waals surface area contributed by atoms with Gasteiger partial charge in [0.15, 0.2) is 0 Å². The minimum absolute atomic E-state index is 0.112. The van der Waals surface area contributed by atoms with Crippen LogP contribution >= 0.6 is 0 Å². The molecule has 0 aromatic heterocycles. The molecular formula is C12H16N2O3. The number of aryl methyl sites for hydroxylation is 1. The maximum atomic E-state index is 10.7. The van der Waals surface area contributed by atoms with Crippen molar-refractivity contribution in [2.75, 3.05) is 11.9 Å². The fraction of sp³-hybridized carbons (Fsp3) is 0.500. The minimum Gasteiger partial charge on any atom is -0.393 e. The Hall–Kier alpha value is -1.62. The number of nitrogens with zero attached hydrogens (tertiary/aromatic N) is 1. The predicted molar refractivity (Wildman–Crippen MR) is 65.1 cm³/mol. The summed E-state index contributed by atoms with van der Waals surface area (Å²) in [6, 6.07) is 4.99. The molecule has 1 saturated carbocycles. The van der Waals surface area contributed by atoms with E-state index in [1.165, 1.54) is 0 Å². The van der Waals surface area contributed by atoms with Crippen molar-refractivity contribution in [3.8, 4) is 0 Å². The smallest absolute Gasteiger partial charge is 0.271 e. The van der Waals surface area contributed by atoms with Gasteiger partial charge in [-0.1, -0.05) is 0 Å². The predicted octanol–water partition coefficient (Wildman–Crippen LogP) is 2.09. The van der Waals surface area contributed by atoms with E-state index in [4.69, 9.17) is 5.11 Å². The molecule has 0 saturated heterocycles. The molecule has 0 atom stereocenters. The van der Waals surface area contributed by atoms with E-state index in [1.54, 1.807) is 12.1 Å². The molecule has 2 N–H and O–H groups in total. The van der Waals surface area contributed by atoms with Gasteiger partial charge in [-0.15, -0.1) is 0 Å². The molecule has 1 aromatic rings. The number of non-ortho nitro benzene ring substituents is 1. The number of hydrogen-bond acceptors (Lipinski definition) is 4. The van der Waals surface area contributed by atoms with Gasteiger partial charge in [-0.3, -0.25) is 10.1 Å². The highest BCUT2D eigenvalue weighted by Crippen LogP contribution is 2.28. The highest BCUT2D eigenvalue weighted by molar-refractivity contribution is 5.53. The molecule has 92 valence electrons. The third-order valence-electron chi connectivity index (χ3n) is 3.08. The summed E-state index contributed by atoms with van der Waals surface area (Å²) >= 11 is 0. The highest BCUT2D eigenvalue weighted by atomic mass is 16.6. The van der Waals surface area contributed by atoms with Gasteiger partial charge in [0.05, 0.1) is 11.0 Å². The quantitative estimate of drug-likeness (QED) is 0.620. The van der Waals surface area contributed by atoms with Crippen LogP contribution in [0.4, 0.5) is 11.4 Å². The molecule has 0 heterocycles. The number of nitro benzene ring substituents is 1. The Morgan fingerprint density at radius 1 is 1.47 bits per heavy atom. The largest absolute Gasteiger partial charge is 0.393 e. The maximum absolute atomic E-state index is 10.7. The molecule has 1 fully saturated rings. The van der Waals surface area contributed by atoms with E-state index in [-0.39, 0.29) is 16.7 Å². The van der Waals surface area contributed by atoms with Crippen LogP contribution in [-0.4, -0.2) is 22.7 Å². The van der Waals surface area contributed by atoms with Gasteiger partial charge < -0.3 is 10.4 Å². The number of aliphatic hydroxyl groups is 1. The summed E-state index contributed by atoms with van der Waals surface area (Å²) in [7, 11) is 0. The first-order valence-corrected chi connectivity index (χ1v) is 5.72. The zero-order valence-corrected chi connectivity index (χ0v) is 9.72. The monoisotopic (exact) mass is 236 g/mol. The number of nitro groups is 1. The van der Waals surface area contributed by atoms with Gasteiger partial charge >= 0.3 is 0 Å². The zero-order valence-electron chi connectivity index (χ0n) is 9.72. The average molecular weight is 236 g/mol. The molecule has 1 aliphatic rings. The van der Waals surface area contributed by atoms with Gasteiger partial charge in [0.1, 0.15) is 0 Å². The summed E-state index contributed by atoms with van der Waals surface area (Å²) < 4.78 is 0. The molecule has 0 radical (unpaired) electrons. The Morgan fingerprint density at radius 3 is 2.76 bits per heavy atom. The molecule has 0 bridgehead atoms. The van der Waals surface area contributed by atoms with Crippen LogP contribution in [0.25, 0.3) is 0 Å². The summed E-state index contributed by atoms with van der Waals surface area (Å²) in [5.74, 6) is 0.476.